The summed E-state index contributed by atoms with van der Waals surface area (Å²) in [7, 11) is -3.38. The van der Waals surface area contributed by atoms with Crippen molar-refractivity contribution in [3.05, 3.63) is 53.4 Å². The third kappa shape index (κ3) is 6.21. The maximum absolute atomic E-state index is 12.4. The number of furan rings is 1. The molecule has 4 aromatic rings. The molecular formula is C20H21N7O4S3. The van der Waals surface area contributed by atoms with Gasteiger partial charge in [0.25, 0.3) is 0 Å². The number of carbonyl (C=O) groups is 1. The van der Waals surface area contributed by atoms with Gasteiger partial charge in [-0.2, -0.15) is 0 Å². The van der Waals surface area contributed by atoms with Crippen molar-refractivity contribution in [2.24, 2.45) is 0 Å². The first-order valence-electron chi connectivity index (χ1n) is 10.1. The fraction of sp³-hybridized carbons (Fsp3) is 0.250. The molecule has 3 heterocycles. The summed E-state index contributed by atoms with van der Waals surface area (Å²) in [4.78, 5) is 12.4. The molecule has 0 aliphatic heterocycles. The normalized spacial score (nSPS) is 11.5. The molecule has 11 nitrogen and oxygen atoms in total. The van der Waals surface area contributed by atoms with Crippen LogP contribution in [0.2, 0.25) is 0 Å². The minimum Gasteiger partial charge on any atom is -0.467 e. The number of thioether (sulfide) groups is 1. The summed E-state index contributed by atoms with van der Waals surface area (Å²) in [5.41, 5.74) is 1.17. The van der Waals surface area contributed by atoms with Crippen molar-refractivity contribution in [1.82, 2.24) is 25.0 Å². The predicted molar refractivity (Wildman–Crippen MR) is 130 cm³/mol. The number of rotatable bonds is 10. The van der Waals surface area contributed by atoms with E-state index in [2.05, 4.69) is 30.4 Å². The zero-order chi connectivity index (χ0) is 24.1. The van der Waals surface area contributed by atoms with Gasteiger partial charge in [0.1, 0.15) is 10.8 Å². The summed E-state index contributed by atoms with van der Waals surface area (Å²) in [6, 6.07) is 10.4. The quantitative estimate of drug-likeness (QED) is 0.302. The molecule has 4 rings (SSSR count). The van der Waals surface area contributed by atoms with Crippen LogP contribution in [0.4, 0.5) is 10.8 Å². The number of nitrogens with one attached hydrogen (secondary N) is 2. The van der Waals surface area contributed by atoms with Crippen molar-refractivity contribution in [3.8, 4) is 11.4 Å². The third-order valence-electron chi connectivity index (χ3n) is 4.41. The summed E-state index contributed by atoms with van der Waals surface area (Å²) < 4.78 is 32.7. The summed E-state index contributed by atoms with van der Waals surface area (Å²) in [5, 5.41) is 21.1. The first kappa shape index (κ1) is 23.9. The van der Waals surface area contributed by atoms with Crippen molar-refractivity contribution < 1.29 is 17.6 Å². The van der Waals surface area contributed by atoms with Gasteiger partial charge >= 0.3 is 0 Å². The Hall–Kier alpha value is -3.23. The average Bonchev–Trinajstić information content (AvgIpc) is 3.54. The Bertz CT molecular complexity index is 1360. The lowest BCUT2D eigenvalue weighted by Crippen LogP contribution is -2.14. The maximum atomic E-state index is 12.4. The number of anilines is 2. The Morgan fingerprint density at radius 1 is 1.15 bits per heavy atom. The molecule has 0 unspecified atom stereocenters. The molecular weight excluding hydrogens is 498 g/mol. The highest BCUT2D eigenvalue weighted by molar-refractivity contribution is 7.99. The van der Waals surface area contributed by atoms with Crippen molar-refractivity contribution in [1.29, 1.82) is 0 Å². The Kier molecular flexibility index (Phi) is 7.29. The molecule has 14 heteroatoms. The molecule has 2 N–H and O–H groups in total. The van der Waals surface area contributed by atoms with Gasteiger partial charge in [0.05, 0.1) is 24.8 Å². The summed E-state index contributed by atoms with van der Waals surface area (Å²) >= 11 is 2.58. The topological polar surface area (TPSA) is 145 Å². The fourth-order valence-corrected chi connectivity index (χ4v) is 4.94. The van der Waals surface area contributed by atoms with Gasteiger partial charge in [-0.1, -0.05) is 30.0 Å². The van der Waals surface area contributed by atoms with Crippen LogP contribution in [-0.2, 0) is 27.8 Å². The maximum Gasteiger partial charge on any atom is 0.236 e. The van der Waals surface area contributed by atoms with Crippen LogP contribution < -0.4 is 10.0 Å². The van der Waals surface area contributed by atoms with Gasteiger partial charge in [0.15, 0.2) is 11.0 Å². The Labute approximate surface area is 204 Å². The van der Waals surface area contributed by atoms with Gasteiger partial charge in [0, 0.05) is 11.3 Å². The third-order valence-corrected chi connectivity index (χ3v) is 6.96. The van der Waals surface area contributed by atoms with Gasteiger partial charge in [0.2, 0.25) is 21.1 Å². The molecule has 3 aromatic heterocycles. The van der Waals surface area contributed by atoms with E-state index in [1.807, 2.05) is 17.6 Å². The van der Waals surface area contributed by atoms with E-state index in [4.69, 9.17) is 4.42 Å². The number of aryl methyl sites for hydroxylation is 1. The van der Waals surface area contributed by atoms with E-state index in [0.29, 0.717) is 34.1 Å². The van der Waals surface area contributed by atoms with E-state index in [0.717, 1.165) is 23.2 Å². The Balaban J connectivity index is 1.52. The van der Waals surface area contributed by atoms with Crippen molar-refractivity contribution in [2.75, 3.05) is 22.0 Å². The molecule has 0 spiro atoms. The Morgan fingerprint density at radius 2 is 1.94 bits per heavy atom. The minimum absolute atomic E-state index is 0.106. The Morgan fingerprint density at radius 3 is 2.59 bits per heavy atom. The number of hydrogen-bond acceptors (Lipinski definition) is 10. The van der Waals surface area contributed by atoms with Crippen LogP contribution in [0.5, 0.6) is 0 Å². The van der Waals surface area contributed by atoms with Crippen LogP contribution in [0.25, 0.3) is 11.4 Å². The van der Waals surface area contributed by atoms with Gasteiger partial charge in [-0.3, -0.25) is 19.4 Å². The molecule has 0 bridgehead atoms. The summed E-state index contributed by atoms with van der Waals surface area (Å²) in [5.74, 6) is 1.13. The number of aromatic nitrogens is 5. The van der Waals surface area contributed by atoms with Gasteiger partial charge < -0.3 is 4.42 Å². The lowest BCUT2D eigenvalue weighted by molar-refractivity contribution is -0.113. The highest BCUT2D eigenvalue weighted by atomic mass is 32.2. The van der Waals surface area contributed by atoms with Gasteiger partial charge in [-0.05, 0) is 42.8 Å². The van der Waals surface area contributed by atoms with E-state index in [1.165, 1.54) is 23.1 Å². The van der Waals surface area contributed by atoms with Gasteiger partial charge in [-0.25, -0.2) is 8.42 Å². The molecule has 1 amide bonds. The smallest absolute Gasteiger partial charge is 0.236 e. The van der Waals surface area contributed by atoms with E-state index >= 15 is 0 Å². The molecule has 0 saturated heterocycles. The highest BCUT2D eigenvalue weighted by Gasteiger charge is 2.18. The average molecular weight is 520 g/mol. The second-order valence-electron chi connectivity index (χ2n) is 7.11. The zero-order valence-corrected chi connectivity index (χ0v) is 20.7. The molecule has 0 aliphatic rings. The largest absolute Gasteiger partial charge is 0.467 e. The molecule has 34 heavy (non-hydrogen) atoms. The monoisotopic (exact) mass is 519 g/mol. The second kappa shape index (κ2) is 10.4. The number of carbonyl (C=O) groups excluding carboxylic acids is 1. The van der Waals surface area contributed by atoms with E-state index in [1.54, 1.807) is 36.6 Å². The van der Waals surface area contributed by atoms with Crippen LogP contribution in [0.1, 0.15) is 17.7 Å². The van der Waals surface area contributed by atoms with Gasteiger partial charge in [-0.15, -0.1) is 20.4 Å². The summed E-state index contributed by atoms with van der Waals surface area (Å²) in [6.07, 6.45) is 3.43. The van der Waals surface area contributed by atoms with Crippen molar-refractivity contribution >= 4 is 49.8 Å². The van der Waals surface area contributed by atoms with Crippen LogP contribution in [0.3, 0.4) is 0 Å². The summed E-state index contributed by atoms with van der Waals surface area (Å²) in [6.45, 7) is 2.33. The molecule has 178 valence electrons. The number of amides is 1. The van der Waals surface area contributed by atoms with E-state index < -0.39 is 10.0 Å². The fourth-order valence-electron chi connectivity index (χ4n) is 2.94. The predicted octanol–water partition coefficient (Wildman–Crippen LogP) is 3.10. The number of hydrogen-bond donors (Lipinski definition) is 2. The molecule has 1 aromatic carbocycles. The van der Waals surface area contributed by atoms with Crippen LogP contribution >= 0.6 is 23.1 Å². The molecule has 0 saturated carbocycles. The molecule has 0 radical (unpaired) electrons. The number of benzene rings is 1. The minimum atomic E-state index is -3.38. The molecule has 0 aliphatic carbocycles. The SMILES string of the molecule is CCc1nnc(NC(=O)CSc2nnc(-c3ccc(NS(C)(=O)=O)cc3)n2Cc2ccco2)s1. The highest BCUT2D eigenvalue weighted by Crippen LogP contribution is 2.27. The standard InChI is InChI=1S/C20H21N7O4S3/c1-3-17-22-24-19(33-17)21-16(28)12-32-20-25-23-18(27(20)11-15-5-4-10-31-15)13-6-8-14(9-7-13)26-34(2,29)30/h4-10,26H,3,11-12H2,1-2H3,(H,21,24,28). The van der Waals surface area contributed by atoms with E-state index in [-0.39, 0.29) is 11.7 Å². The number of sulfonamides is 1. The van der Waals surface area contributed by atoms with Crippen molar-refractivity contribution in [2.45, 2.75) is 25.0 Å². The zero-order valence-electron chi connectivity index (χ0n) is 18.3. The lowest BCUT2D eigenvalue weighted by atomic mass is 10.2. The van der Waals surface area contributed by atoms with Crippen LogP contribution in [0.15, 0.2) is 52.2 Å². The van der Waals surface area contributed by atoms with E-state index in [9.17, 15) is 13.2 Å². The molecule has 0 fully saturated rings. The first-order chi connectivity index (χ1) is 16.3. The van der Waals surface area contributed by atoms with Crippen LogP contribution in [0, 0.1) is 0 Å². The van der Waals surface area contributed by atoms with Crippen molar-refractivity contribution in [3.63, 3.8) is 0 Å². The lowest BCUT2D eigenvalue weighted by Gasteiger charge is -2.10. The number of nitrogens with zero attached hydrogens (tertiary/aromatic N) is 5. The molecule has 0 atom stereocenters. The van der Waals surface area contributed by atoms with Crippen LogP contribution in [-0.4, -0.2) is 51.3 Å². The first-order valence-corrected chi connectivity index (χ1v) is 13.8. The second-order valence-corrected chi connectivity index (χ2v) is 10.9.